The van der Waals surface area contributed by atoms with Crippen LogP contribution in [0.15, 0.2) is 58.3 Å². The minimum Gasteiger partial charge on any atom is -0.494 e. The smallest absolute Gasteiger partial charge is 0.133 e. The van der Waals surface area contributed by atoms with Gasteiger partial charge in [-0.1, -0.05) is 30.0 Å². The van der Waals surface area contributed by atoms with Crippen LogP contribution in [0.1, 0.15) is 13.8 Å². The molecule has 2 nitrogen and oxygen atoms in total. The summed E-state index contributed by atoms with van der Waals surface area (Å²) in [5.74, 6) is 1.78. The van der Waals surface area contributed by atoms with E-state index in [9.17, 15) is 0 Å². The molecule has 0 atom stereocenters. The second-order valence-corrected chi connectivity index (χ2v) is 5.01. The lowest BCUT2D eigenvalue weighted by Crippen LogP contribution is -1.96. The maximum absolute atomic E-state index is 5.67. The highest BCUT2D eigenvalue weighted by Gasteiger charge is 2.07. The molecule has 0 heterocycles. The predicted octanol–water partition coefficient (Wildman–Crippen LogP) is 4.64. The van der Waals surface area contributed by atoms with Gasteiger partial charge in [0.25, 0.3) is 0 Å². The quantitative estimate of drug-likeness (QED) is 0.765. The average Bonchev–Trinajstić information content (AvgIpc) is 2.43. The van der Waals surface area contributed by atoms with Crippen LogP contribution in [0.4, 0.5) is 0 Å². The molecule has 0 aliphatic rings. The second kappa shape index (κ2) is 7.10. The molecule has 0 bridgehead atoms. The molecule has 2 aromatic carbocycles. The zero-order valence-corrected chi connectivity index (χ0v) is 12.1. The van der Waals surface area contributed by atoms with E-state index in [1.165, 1.54) is 4.90 Å². The lowest BCUT2D eigenvalue weighted by Gasteiger charge is -2.12. The van der Waals surface area contributed by atoms with Crippen molar-refractivity contribution in [3.05, 3.63) is 48.5 Å². The van der Waals surface area contributed by atoms with E-state index in [0.29, 0.717) is 13.2 Å². The van der Waals surface area contributed by atoms with Crippen LogP contribution in [-0.4, -0.2) is 13.2 Å². The normalized spacial score (nSPS) is 10.2. The topological polar surface area (TPSA) is 18.5 Å². The van der Waals surface area contributed by atoms with E-state index < -0.39 is 0 Å². The highest BCUT2D eigenvalue weighted by atomic mass is 32.2. The fourth-order valence-corrected chi connectivity index (χ4v) is 2.66. The van der Waals surface area contributed by atoms with Crippen molar-refractivity contribution in [1.29, 1.82) is 0 Å². The summed E-state index contributed by atoms with van der Waals surface area (Å²) in [5.41, 5.74) is 0. The largest absolute Gasteiger partial charge is 0.494 e. The molecule has 3 heteroatoms. The van der Waals surface area contributed by atoms with E-state index in [1.54, 1.807) is 11.8 Å². The minimum atomic E-state index is 0.663. The molecule has 0 spiro atoms. The molecule has 0 fully saturated rings. The zero-order valence-electron chi connectivity index (χ0n) is 11.3. The Bertz CT molecular complexity index is 511. The molecule has 19 heavy (non-hydrogen) atoms. The van der Waals surface area contributed by atoms with Crippen molar-refractivity contribution in [3.8, 4) is 11.5 Å². The van der Waals surface area contributed by atoms with Gasteiger partial charge in [0, 0.05) is 4.90 Å². The maximum atomic E-state index is 5.67. The molecule has 0 saturated carbocycles. The molecule has 0 aliphatic carbocycles. The number of ether oxygens (including phenoxy) is 2. The van der Waals surface area contributed by atoms with Crippen molar-refractivity contribution >= 4 is 11.8 Å². The fraction of sp³-hybridized carbons (Fsp3) is 0.250. The summed E-state index contributed by atoms with van der Waals surface area (Å²) in [6.45, 7) is 5.31. The molecule has 0 amide bonds. The minimum absolute atomic E-state index is 0.663. The molecule has 2 rings (SSSR count). The summed E-state index contributed by atoms with van der Waals surface area (Å²) in [4.78, 5) is 2.27. The summed E-state index contributed by atoms with van der Waals surface area (Å²) in [6.07, 6.45) is 0. The van der Waals surface area contributed by atoms with Crippen molar-refractivity contribution < 1.29 is 9.47 Å². The molecule has 0 N–H and O–H groups in total. The van der Waals surface area contributed by atoms with Gasteiger partial charge >= 0.3 is 0 Å². The van der Waals surface area contributed by atoms with Gasteiger partial charge in [-0.05, 0) is 44.2 Å². The van der Waals surface area contributed by atoms with E-state index >= 15 is 0 Å². The Hall–Kier alpha value is -1.61. The molecule has 0 aliphatic heterocycles. The van der Waals surface area contributed by atoms with E-state index in [0.717, 1.165) is 16.4 Å². The number of hydrogen-bond acceptors (Lipinski definition) is 3. The van der Waals surface area contributed by atoms with Crippen molar-refractivity contribution in [2.24, 2.45) is 0 Å². The SMILES string of the molecule is CCOc1ccc(OCC)c(Sc2ccccc2)c1. The number of benzene rings is 2. The van der Waals surface area contributed by atoms with E-state index in [-0.39, 0.29) is 0 Å². The zero-order chi connectivity index (χ0) is 13.5. The van der Waals surface area contributed by atoms with Crippen LogP contribution in [0.3, 0.4) is 0 Å². The predicted molar refractivity (Wildman–Crippen MR) is 79.3 cm³/mol. The first-order chi connectivity index (χ1) is 9.33. The summed E-state index contributed by atoms with van der Waals surface area (Å²) in [5, 5.41) is 0. The van der Waals surface area contributed by atoms with Gasteiger partial charge in [-0.3, -0.25) is 0 Å². The van der Waals surface area contributed by atoms with Crippen LogP contribution in [0.5, 0.6) is 11.5 Å². The molecule has 0 saturated heterocycles. The van der Waals surface area contributed by atoms with Crippen molar-refractivity contribution in [3.63, 3.8) is 0 Å². The van der Waals surface area contributed by atoms with Gasteiger partial charge in [-0.2, -0.15) is 0 Å². The molecule has 0 radical (unpaired) electrons. The van der Waals surface area contributed by atoms with Gasteiger partial charge in [-0.25, -0.2) is 0 Å². The summed E-state index contributed by atoms with van der Waals surface area (Å²) in [7, 11) is 0. The first-order valence-electron chi connectivity index (χ1n) is 6.46. The Labute approximate surface area is 118 Å². The molecule has 100 valence electrons. The van der Waals surface area contributed by atoms with Gasteiger partial charge in [0.05, 0.1) is 18.1 Å². The van der Waals surface area contributed by atoms with Crippen molar-refractivity contribution in [1.82, 2.24) is 0 Å². The average molecular weight is 274 g/mol. The summed E-state index contributed by atoms with van der Waals surface area (Å²) in [6, 6.07) is 16.2. The Balaban J connectivity index is 2.26. The first-order valence-corrected chi connectivity index (χ1v) is 7.27. The van der Waals surface area contributed by atoms with E-state index in [4.69, 9.17) is 9.47 Å². The lowest BCUT2D eigenvalue weighted by atomic mass is 10.3. The molecular weight excluding hydrogens is 256 g/mol. The van der Waals surface area contributed by atoms with Gasteiger partial charge in [0.1, 0.15) is 11.5 Å². The second-order valence-electron chi connectivity index (χ2n) is 3.89. The Kier molecular flexibility index (Phi) is 5.16. The third-order valence-corrected chi connectivity index (χ3v) is 3.54. The summed E-state index contributed by atoms with van der Waals surface area (Å²) >= 11 is 1.69. The lowest BCUT2D eigenvalue weighted by molar-refractivity contribution is 0.323. The Morgan fingerprint density at radius 1 is 0.895 bits per heavy atom. The van der Waals surface area contributed by atoms with Gasteiger partial charge in [-0.15, -0.1) is 0 Å². The van der Waals surface area contributed by atoms with Crippen LogP contribution < -0.4 is 9.47 Å². The van der Waals surface area contributed by atoms with Crippen molar-refractivity contribution in [2.45, 2.75) is 23.6 Å². The van der Waals surface area contributed by atoms with Gasteiger partial charge < -0.3 is 9.47 Å². The van der Waals surface area contributed by atoms with Crippen molar-refractivity contribution in [2.75, 3.05) is 13.2 Å². The number of hydrogen-bond donors (Lipinski definition) is 0. The number of rotatable bonds is 6. The highest BCUT2D eigenvalue weighted by Crippen LogP contribution is 2.37. The monoisotopic (exact) mass is 274 g/mol. The molecule has 0 unspecified atom stereocenters. The summed E-state index contributed by atoms with van der Waals surface area (Å²) < 4.78 is 11.2. The molecule has 2 aromatic rings. The maximum Gasteiger partial charge on any atom is 0.133 e. The Morgan fingerprint density at radius 2 is 1.63 bits per heavy atom. The third kappa shape index (κ3) is 3.93. The Morgan fingerprint density at radius 3 is 2.32 bits per heavy atom. The first kappa shape index (κ1) is 13.8. The van der Waals surface area contributed by atoms with E-state index in [2.05, 4.69) is 12.1 Å². The van der Waals surface area contributed by atoms with Gasteiger partial charge in [0.2, 0.25) is 0 Å². The van der Waals surface area contributed by atoms with Crippen LogP contribution in [0.25, 0.3) is 0 Å². The highest BCUT2D eigenvalue weighted by molar-refractivity contribution is 7.99. The molecular formula is C16H18O2S. The van der Waals surface area contributed by atoms with Crippen LogP contribution in [0, 0.1) is 0 Å². The van der Waals surface area contributed by atoms with Crippen LogP contribution in [-0.2, 0) is 0 Å². The van der Waals surface area contributed by atoms with Crippen LogP contribution >= 0.6 is 11.8 Å². The fourth-order valence-electron chi connectivity index (χ4n) is 1.71. The van der Waals surface area contributed by atoms with Crippen LogP contribution in [0.2, 0.25) is 0 Å². The molecule has 0 aromatic heterocycles. The van der Waals surface area contributed by atoms with Gasteiger partial charge in [0.15, 0.2) is 0 Å². The standard InChI is InChI=1S/C16H18O2S/c1-3-17-13-10-11-15(18-4-2)16(12-13)19-14-8-6-5-7-9-14/h5-12H,3-4H2,1-2H3. The van der Waals surface area contributed by atoms with E-state index in [1.807, 2.05) is 50.2 Å². The third-order valence-electron chi connectivity index (χ3n) is 2.50.